The summed E-state index contributed by atoms with van der Waals surface area (Å²) < 4.78 is 5.48. The van der Waals surface area contributed by atoms with Crippen LogP contribution in [0, 0.1) is 0 Å². The van der Waals surface area contributed by atoms with Gasteiger partial charge in [-0.3, -0.25) is 4.98 Å². The second-order valence-corrected chi connectivity index (χ2v) is 6.95. The standard InChI is InChI=1S/C25H23NO2.2ClH.H2O/c1-3-21(24(27)28-4-2)25(17-18-13-15-26-16-14-18)22-11-7-5-9-19(22)20-10-6-8-12-23(20)25;;;/h3,5-16H,4,17H2,1-2H3;2*1H;1H2. The Morgan fingerprint density at radius 1 is 0.935 bits per heavy atom. The van der Waals surface area contributed by atoms with Gasteiger partial charge in [-0.2, -0.15) is 0 Å². The smallest absolute Gasteiger partial charge is 0.334 e. The lowest BCUT2D eigenvalue weighted by Gasteiger charge is -2.34. The molecule has 0 aliphatic heterocycles. The Morgan fingerprint density at radius 2 is 1.45 bits per heavy atom. The van der Waals surface area contributed by atoms with Gasteiger partial charge < -0.3 is 10.2 Å². The molecule has 1 heterocycles. The van der Waals surface area contributed by atoms with Crippen molar-refractivity contribution in [2.24, 2.45) is 0 Å². The molecule has 0 unspecified atom stereocenters. The molecule has 4 nitrogen and oxygen atoms in total. The van der Waals surface area contributed by atoms with E-state index in [-0.39, 0.29) is 36.3 Å². The summed E-state index contributed by atoms with van der Waals surface area (Å²) >= 11 is 0. The average molecular weight is 460 g/mol. The van der Waals surface area contributed by atoms with Crippen molar-refractivity contribution in [3.63, 3.8) is 0 Å². The molecule has 31 heavy (non-hydrogen) atoms. The van der Waals surface area contributed by atoms with Gasteiger partial charge in [0.1, 0.15) is 0 Å². The molecule has 0 saturated heterocycles. The van der Waals surface area contributed by atoms with Crippen LogP contribution < -0.4 is 0 Å². The fraction of sp³-hybridized carbons (Fsp3) is 0.200. The lowest BCUT2D eigenvalue weighted by Crippen LogP contribution is -2.35. The zero-order valence-corrected chi connectivity index (χ0v) is 19.1. The van der Waals surface area contributed by atoms with Crippen LogP contribution in [0.4, 0.5) is 0 Å². The summed E-state index contributed by atoms with van der Waals surface area (Å²) in [6.07, 6.45) is 6.19. The Morgan fingerprint density at radius 3 is 1.94 bits per heavy atom. The van der Waals surface area contributed by atoms with Gasteiger partial charge >= 0.3 is 5.97 Å². The van der Waals surface area contributed by atoms with Crippen molar-refractivity contribution in [3.05, 3.63) is 101 Å². The first-order valence-electron chi connectivity index (χ1n) is 9.64. The molecule has 1 aliphatic rings. The molecule has 4 rings (SSSR count). The van der Waals surface area contributed by atoms with E-state index in [2.05, 4.69) is 41.4 Å². The van der Waals surface area contributed by atoms with E-state index in [1.807, 2.05) is 44.2 Å². The number of carbonyl (C=O) groups is 1. The van der Waals surface area contributed by atoms with Gasteiger partial charge in [0.25, 0.3) is 0 Å². The lowest BCUT2D eigenvalue weighted by atomic mass is 9.68. The summed E-state index contributed by atoms with van der Waals surface area (Å²) in [5.74, 6) is -0.259. The molecule has 6 heteroatoms. The molecule has 0 spiro atoms. The predicted molar refractivity (Wildman–Crippen MR) is 129 cm³/mol. The molecular formula is C25H27Cl2NO3. The van der Waals surface area contributed by atoms with E-state index < -0.39 is 5.41 Å². The van der Waals surface area contributed by atoms with Gasteiger partial charge in [0.15, 0.2) is 0 Å². The van der Waals surface area contributed by atoms with Gasteiger partial charge in [-0.25, -0.2) is 4.79 Å². The SMILES string of the molecule is CC=C(C(=O)OCC)C1(Cc2ccncc2)c2ccccc2-c2ccccc21.Cl.Cl.O. The fourth-order valence-electron chi connectivity index (χ4n) is 4.46. The molecular weight excluding hydrogens is 433 g/mol. The minimum absolute atomic E-state index is 0. The minimum Gasteiger partial charge on any atom is -0.463 e. The quantitative estimate of drug-likeness (QED) is 0.392. The first-order chi connectivity index (χ1) is 13.7. The van der Waals surface area contributed by atoms with E-state index in [1.165, 1.54) is 11.1 Å². The Hall–Kier alpha value is -2.66. The largest absolute Gasteiger partial charge is 0.463 e. The highest BCUT2D eigenvalue weighted by molar-refractivity contribution is 5.97. The highest BCUT2D eigenvalue weighted by Gasteiger charge is 2.48. The third-order valence-electron chi connectivity index (χ3n) is 5.53. The first-order valence-corrected chi connectivity index (χ1v) is 9.64. The van der Waals surface area contributed by atoms with E-state index in [9.17, 15) is 4.79 Å². The van der Waals surface area contributed by atoms with Gasteiger partial charge in [0, 0.05) is 18.0 Å². The molecule has 0 amide bonds. The minimum atomic E-state index is -0.588. The third-order valence-corrected chi connectivity index (χ3v) is 5.53. The molecule has 0 radical (unpaired) electrons. The average Bonchev–Trinajstić information content (AvgIpc) is 3.01. The summed E-state index contributed by atoms with van der Waals surface area (Å²) in [7, 11) is 0. The Labute approximate surface area is 195 Å². The number of halogens is 2. The maximum absolute atomic E-state index is 13.1. The molecule has 0 saturated carbocycles. The zero-order chi connectivity index (χ0) is 19.6. The Balaban J connectivity index is 0.00000160. The normalized spacial score (nSPS) is 12.9. The van der Waals surface area contributed by atoms with Crippen molar-refractivity contribution < 1.29 is 15.0 Å². The summed E-state index contributed by atoms with van der Waals surface area (Å²) in [6.45, 7) is 4.12. The van der Waals surface area contributed by atoms with Gasteiger partial charge in [0.05, 0.1) is 12.0 Å². The molecule has 0 atom stereocenters. The lowest BCUT2D eigenvalue weighted by molar-refractivity contribution is -0.139. The van der Waals surface area contributed by atoms with Gasteiger partial charge in [-0.1, -0.05) is 54.6 Å². The van der Waals surface area contributed by atoms with Crippen LogP contribution >= 0.6 is 24.8 Å². The number of nitrogens with zero attached hydrogens (tertiary/aromatic N) is 1. The summed E-state index contributed by atoms with van der Waals surface area (Å²) in [5.41, 5.74) is 5.87. The van der Waals surface area contributed by atoms with Crippen LogP contribution in [0.5, 0.6) is 0 Å². The van der Waals surface area contributed by atoms with Crippen LogP contribution in [0.1, 0.15) is 30.5 Å². The van der Waals surface area contributed by atoms with E-state index in [1.54, 1.807) is 12.4 Å². The number of esters is 1. The Kier molecular flexibility index (Phi) is 9.44. The number of aromatic nitrogens is 1. The number of pyridine rings is 1. The van der Waals surface area contributed by atoms with Crippen molar-refractivity contribution in [1.82, 2.24) is 4.98 Å². The summed E-state index contributed by atoms with van der Waals surface area (Å²) in [4.78, 5) is 17.2. The van der Waals surface area contributed by atoms with Crippen LogP contribution in [-0.4, -0.2) is 23.0 Å². The molecule has 3 aromatic rings. The number of benzene rings is 2. The fourth-order valence-corrected chi connectivity index (χ4v) is 4.46. The third kappa shape index (κ3) is 4.38. The number of hydrogen-bond donors (Lipinski definition) is 0. The molecule has 164 valence electrons. The molecule has 2 N–H and O–H groups in total. The van der Waals surface area contributed by atoms with Crippen molar-refractivity contribution in [3.8, 4) is 11.1 Å². The topological polar surface area (TPSA) is 70.7 Å². The van der Waals surface area contributed by atoms with Crippen LogP contribution in [-0.2, 0) is 21.4 Å². The van der Waals surface area contributed by atoms with E-state index in [0.717, 1.165) is 16.7 Å². The number of carbonyl (C=O) groups excluding carboxylic acids is 1. The monoisotopic (exact) mass is 459 g/mol. The van der Waals surface area contributed by atoms with Crippen molar-refractivity contribution in [2.75, 3.05) is 6.61 Å². The number of hydrogen-bond acceptors (Lipinski definition) is 3. The van der Waals surface area contributed by atoms with Gasteiger partial charge in [0.2, 0.25) is 0 Å². The molecule has 0 bridgehead atoms. The predicted octanol–water partition coefficient (Wildman–Crippen LogP) is 5.12. The van der Waals surface area contributed by atoms with Crippen molar-refractivity contribution in [1.29, 1.82) is 0 Å². The summed E-state index contributed by atoms with van der Waals surface area (Å²) in [5, 5.41) is 0. The Bertz CT molecular complexity index is 1010. The second-order valence-electron chi connectivity index (χ2n) is 6.95. The van der Waals surface area contributed by atoms with Crippen LogP contribution in [0.25, 0.3) is 11.1 Å². The molecule has 1 aliphatic carbocycles. The van der Waals surface area contributed by atoms with Crippen molar-refractivity contribution in [2.45, 2.75) is 25.7 Å². The van der Waals surface area contributed by atoms with Crippen LogP contribution in [0.15, 0.2) is 84.7 Å². The molecule has 2 aromatic carbocycles. The number of rotatable bonds is 5. The second kappa shape index (κ2) is 11.1. The van der Waals surface area contributed by atoms with E-state index in [0.29, 0.717) is 18.6 Å². The summed E-state index contributed by atoms with van der Waals surface area (Å²) in [6, 6.07) is 20.8. The van der Waals surface area contributed by atoms with E-state index in [4.69, 9.17) is 4.74 Å². The number of ether oxygens (including phenoxy) is 1. The maximum atomic E-state index is 13.1. The van der Waals surface area contributed by atoms with Crippen molar-refractivity contribution >= 4 is 30.8 Å². The molecule has 1 aromatic heterocycles. The van der Waals surface area contributed by atoms with Gasteiger partial charge in [-0.05, 0) is 60.2 Å². The van der Waals surface area contributed by atoms with E-state index >= 15 is 0 Å². The maximum Gasteiger partial charge on any atom is 0.334 e. The van der Waals surface area contributed by atoms with Crippen LogP contribution in [0.3, 0.4) is 0 Å². The number of allylic oxidation sites excluding steroid dienone is 1. The highest BCUT2D eigenvalue weighted by Crippen LogP contribution is 2.54. The first kappa shape index (κ1) is 26.4. The zero-order valence-electron chi connectivity index (χ0n) is 17.5. The van der Waals surface area contributed by atoms with Gasteiger partial charge in [-0.15, -0.1) is 24.8 Å². The van der Waals surface area contributed by atoms with Crippen LogP contribution in [0.2, 0.25) is 0 Å². The number of fused-ring (bicyclic) bond motifs is 3. The highest BCUT2D eigenvalue weighted by atomic mass is 35.5. The molecule has 0 fully saturated rings.